The number of fused-ring (bicyclic) bond motifs is 1. The molecule has 3 aromatic carbocycles. The number of nitrogens with zero attached hydrogens (tertiary/aromatic N) is 1. The standard InChI is InChI=1S/C23H24N2O2/c1-2-27-19-14-12-18(13-15-19)22-11-6-16-25(22)23(26)24-21-10-5-8-17-7-3-4-9-20(17)21/h3-5,7-10,12-15,22H,2,6,11,16H2,1H3,(H,24,26). The van der Waals surface area contributed by atoms with Crippen molar-refractivity contribution in [2.45, 2.75) is 25.8 Å². The zero-order valence-corrected chi connectivity index (χ0v) is 15.5. The monoisotopic (exact) mass is 360 g/mol. The number of amides is 2. The van der Waals surface area contributed by atoms with Gasteiger partial charge in [-0.25, -0.2) is 4.79 Å². The Morgan fingerprint density at radius 2 is 1.85 bits per heavy atom. The number of ether oxygens (including phenoxy) is 1. The summed E-state index contributed by atoms with van der Waals surface area (Å²) >= 11 is 0. The molecule has 1 unspecified atom stereocenters. The van der Waals surface area contributed by atoms with Crippen LogP contribution in [0.5, 0.6) is 5.75 Å². The molecule has 1 saturated heterocycles. The van der Waals surface area contributed by atoms with Gasteiger partial charge in [-0.1, -0.05) is 48.5 Å². The molecular weight excluding hydrogens is 336 g/mol. The first-order chi connectivity index (χ1) is 13.3. The molecule has 0 radical (unpaired) electrons. The molecule has 1 aliphatic heterocycles. The third-order valence-corrected chi connectivity index (χ3v) is 5.12. The number of rotatable bonds is 4. The van der Waals surface area contributed by atoms with Gasteiger partial charge >= 0.3 is 6.03 Å². The number of nitrogens with one attached hydrogen (secondary N) is 1. The number of carbonyl (C=O) groups excluding carboxylic acids is 1. The predicted molar refractivity (Wildman–Crippen MR) is 109 cm³/mol. The maximum Gasteiger partial charge on any atom is 0.322 e. The van der Waals surface area contributed by atoms with Gasteiger partial charge in [-0.15, -0.1) is 0 Å². The quantitative estimate of drug-likeness (QED) is 0.657. The third kappa shape index (κ3) is 3.61. The molecule has 0 aromatic heterocycles. The lowest BCUT2D eigenvalue weighted by Gasteiger charge is -2.26. The van der Waals surface area contributed by atoms with Gasteiger partial charge in [0.05, 0.1) is 18.3 Å². The summed E-state index contributed by atoms with van der Waals surface area (Å²) in [5.74, 6) is 0.867. The second-order valence-electron chi connectivity index (χ2n) is 6.81. The van der Waals surface area contributed by atoms with E-state index >= 15 is 0 Å². The summed E-state index contributed by atoms with van der Waals surface area (Å²) in [6, 6.07) is 22.3. The van der Waals surface area contributed by atoms with Crippen molar-refractivity contribution >= 4 is 22.5 Å². The fourth-order valence-corrected chi connectivity index (χ4v) is 3.83. The van der Waals surface area contributed by atoms with Gasteiger partial charge in [0, 0.05) is 11.9 Å². The van der Waals surface area contributed by atoms with Crippen LogP contribution < -0.4 is 10.1 Å². The molecule has 1 heterocycles. The molecule has 1 fully saturated rings. The van der Waals surface area contributed by atoms with Gasteiger partial charge in [0.1, 0.15) is 5.75 Å². The summed E-state index contributed by atoms with van der Waals surface area (Å²) in [6.45, 7) is 3.40. The lowest BCUT2D eigenvalue weighted by Crippen LogP contribution is -2.34. The van der Waals surface area contributed by atoms with Gasteiger partial charge in [0.25, 0.3) is 0 Å². The number of benzene rings is 3. The Hall–Kier alpha value is -3.01. The molecular formula is C23H24N2O2. The molecule has 4 rings (SSSR count). The maximum atomic E-state index is 13.0. The summed E-state index contributed by atoms with van der Waals surface area (Å²) in [4.78, 5) is 14.9. The lowest BCUT2D eigenvalue weighted by molar-refractivity contribution is 0.207. The molecule has 27 heavy (non-hydrogen) atoms. The van der Waals surface area contributed by atoms with Crippen molar-refractivity contribution < 1.29 is 9.53 Å². The Labute approximate surface area is 159 Å². The largest absolute Gasteiger partial charge is 0.494 e. The van der Waals surface area contributed by atoms with Gasteiger partial charge in [-0.3, -0.25) is 0 Å². The van der Waals surface area contributed by atoms with Crippen LogP contribution in [0.3, 0.4) is 0 Å². The molecule has 0 bridgehead atoms. The first kappa shape index (κ1) is 17.4. The van der Waals surface area contributed by atoms with Gasteiger partial charge in [-0.2, -0.15) is 0 Å². The highest BCUT2D eigenvalue weighted by molar-refractivity contribution is 6.01. The van der Waals surface area contributed by atoms with Crippen molar-refractivity contribution in [2.24, 2.45) is 0 Å². The van der Waals surface area contributed by atoms with E-state index in [1.165, 1.54) is 0 Å². The highest BCUT2D eigenvalue weighted by Crippen LogP contribution is 2.34. The van der Waals surface area contributed by atoms with Crippen LogP contribution in [-0.2, 0) is 0 Å². The van der Waals surface area contributed by atoms with E-state index in [9.17, 15) is 4.79 Å². The molecule has 1 aliphatic rings. The Morgan fingerprint density at radius 3 is 2.67 bits per heavy atom. The van der Waals surface area contributed by atoms with Crippen LogP contribution in [-0.4, -0.2) is 24.1 Å². The molecule has 2 amide bonds. The van der Waals surface area contributed by atoms with Crippen LogP contribution in [0, 0.1) is 0 Å². The van der Waals surface area contributed by atoms with E-state index in [0.29, 0.717) is 6.61 Å². The van der Waals surface area contributed by atoms with Crippen LogP contribution in [0.1, 0.15) is 31.4 Å². The van der Waals surface area contributed by atoms with Gasteiger partial charge in [0.15, 0.2) is 0 Å². The minimum absolute atomic E-state index is 0.0391. The number of urea groups is 1. The van der Waals surface area contributed by atoms with E-state index in [4.69, 9.17) is 4.74 Å². The second kappa shape index (κ2) is 7.70. The molecule has 4 nitrogen and oxygen atoms in total. The maximum absolute atomic E-state index is 13.0. The summed E-state index contributed by atoms with van der Waals surface area (Å²) in [7, 11) is 0. The number of likely N-dealkylation sites (tertiary alicyclic amines) is 1. The summed E-state index contributed by atoms with van der Waals surface area (Å²) in [6.07, 6.45) is 2.00. The summed E-state index contributed by atoms with van der Waals surface area (Å²) < 4.78 is 5.52. The molecule has 4 heteroatoms. The number of hydrogen-bond donors (Lipinski definition) is 1. The first-order valence-corrected chi connectivity index (χ1v) is 9.54. The van der Waals surface area contributed by atoms with Crippen LogP contribution in [0.15, 0.2) is 66.7 Å². The Bertz CT molecular complexity index is 931. The van der Waals surface area contributed by atoms with Crippen molar-refractivity contribution in [3.63, 3.8) is 0 Å². The topological polar surface area (TPSA) is 41.6 Å². The highest BCUT2D eigenvalue weighted by Gasteiger charge is 2.30. The van der Waals surface area contributed by atoms with Crippen LogP contribution in [0.2, 0.25) is 0 Å². The van der Waals surface area contributed by atoms with E-state index < -0.39 is 0 Å². The summed E-state index contributed by atoms with van der Waals surface area (Å²) in [5.41, 5.74) is 2.01. The van der Waals surface area contributed by atoms with E-state index in [1.807, 2.05) is 54.3 Å². The number of carbonyl (C=O) groups is 1. The Balaban J connectivity index is 1.53. The minimum Gasteiger partial charge on any atom is -0.494 e. The molecule has 0 saturated carbocycles. The number of anilines is 1. The minimum atomic E-state index is -0.0391. The molecule has 1 atom stereocenters. The smallest absolute Gasteiger partial charge is 0.322 e. The molecule has 0 aliphatic carbocycles. The first-order valence-electron chi connectivity index (χ1n) is 9.54. The van der Waals surface area contributed by atoms with Crippen molar-refractivity contribution in [3.05, 3.63) is 72.3 Å². The average molecular weight is 360 g/mol. The number of hydrogen-bond acceptors (Lipinski definition) is 2. The van der Waals surface area contributed by atoms with Crippen LogP contribution >= 0.6 is 0 Å². The van der Waals surface area contributed by atoms with Crippen LogP contribution in [0.4, 0.5) is 10.5 Å². The molecule has 3 aromatic rings. The molecule has 0 spiro atoms. The highest BCUT2D eigenvalue weighted by atomic mass is 16.5. The van der Waals surface area contributed by atoms with E-state index in [1.54, 1.807) is 0 Å². The van der Waals surface area contributed by atoms with Crippen molar-refractivity contribution in [3.8, 4) is 5.75 Å². The van der Waals surface area contributed by atoms with Crippen molar-refractivity contribution in [1.82, 2.24) is 4.90 Å². The van der Waals surface area contributed by atoms with E-state index in [-0.39, 0.29) is 12.1 Å². The van der Waals surface area contributed by atoms with E-state index in [2.05, 4.69) is 29.6 Å². The third-order valence-electron chi connectivity index (χ3n) is 5.12. The normalized spacial score (nSPS) is 16.5. The Morgan fingerprint density at radius 1 is 1.07 bits per heavy atom. The van der Waals surface area contributed by atoms with E-state index in [0.717, 1.165) is 47.2 Å². The fourth-order valence-electron chi connectivity index (χ4n) is 3.83. The zero-order valence-electron chi connectivity index (χ0n) is 15.5. The average Bonchev–Trinajstić information content (AvgIpc) is 3.19. The van der Waals surface area contributed by atoms with Gasteiger partial charge in [-0.05, 0) is 48.9 Å². The van der Waals surface area contributed by atoms with Gasteiger partial charge in [0.2, 0.25) is 0 Å². The Kier molecular flexibility index (Phi) is 4.97. The fraction of sp³-hybridized carbons (Fsp3) is 0.261. The SMILES string of the molecule is CCOc1ccc(C2CCCN2C(=O)Nc2cccc3ccccc23)cc1. The van der Waals surface area contributed by atoms with Crippen molar-refractivity contribution in [1.29, 1.82) is 0 Å². The van der Waals surface area contributed by atoms with Crippen molar-refractivity contribution in [2.75, 3.05) is 18.5 Å². The van der Waals surface area contributed by atoms with Gasteiger partial charge < -0.3 is 15.0 Å². The predicted octanol–water partition coefficient (Wildman–Crippen LogP) is 5.61. The lowest BCUT2D eigenvalue weighted by atomic mass is 10.0. The molecule has 1 N–H and O–H groups in total. The second-order valence-corrected chi connectivity index (χ2v) is 6.81. The summed E-state index contributed by atoms with van der Waals surface area (Å²) in [5, 5.41) is 5.31. The zero-order chi connectivity index (χ0) is 18.6. The molecule has 138 valence electrons. The van der Waals surface area contributed by atoms with Crippen LogP contribution in [0.25, 0.3) is 10.8 Å².